The molecule has 1 N–H and O–H groups in total. The van der Waals surface area contributed by atoms with Gasteiger partial charge in [0.1, 0.15) is 16.9 Å². The van der Waals surface area contributed by atoms with Gasteiger partial charge in [0.05, 0.1) is 7.11 Å². The molecule has 0 aromatic heterocycles. The Morgan fingerprint density at radius 1 is 1.33 bits per heavy atom. The summed E-state index contributed by atoms with van der Waals surface area (Å²) in [6.45, 7) is 5.97. The molecule has 1 saturated heterocycles. The summed E-state index contributed by atoms with van der Waals surface area (Å²) in [6.07, 6.45) is 2.06. The van der Waals surface area contributed by atoms with Crippen LogP contribution in [0.15, 0.2) is 18.2 Å². The monoisotopic (exact) mass is 403 g/mol. The first-order valence-corrected chi connectivity index (χ1v) is 8.29. The van der Waals surface area contributed by atoms with Crippen LogP contribution in [0.25, 0.3) is 0 Å². The van der Waals surface area contributed by atoms with Crippen molar-refractivity contribution in [2.24, 2.45) is 5.92 Å². The minimum atomic E-state index is -0.465. The molecule has 1 aliphatic heterocycles. The maximum atomic E-state index is 12.5. The van der Waals surface area contributed by atoms with Crippen molar-refractivity contribution in [2.75, 3.05) is 20.2 Å². The molecule has 0 atom stereocenters. The molecule has 1 aromatic carbocycles. The number of nitrogens with one attached hydrogen (secondary N) is 1. The van der Waals surface area contributed by atoms with Crippen molar-refractivity contribution in [2.45, 2.75) is 32.3 Å². The van der Waals surface area contributed by atoms with Crippen LogP contribution in [0.5, 0.6) is 5.75 Å². The summed E-state index contributed by atoms with van der Waals surface area (Å²) < 4.78 is 12.1. The van der Waals surface area contributed by atoms with E-state index in [0.717, 1.165) is 29.5 Å². The second-order valence-electron chi connectivity index (χ2n) is 5.86. The number of rotatable bonds is 4. The molecule has 2 rings (SSSR count). The van der Waals surface area contributed by atoms with Crippen LogP contribution in [0.3, 0.4) is 0 Å². The Balaban J connectivity index is 2.13. The van der Waals surface area contributed by atoms with E-state index < -0.39 is 5.60 Å². The minimum absolute atomic E-state index is 0.313. The second-order valence-corrected chi connectivity index (χ2v) is 7.11. The quantitative estimate of drug-likeness (QED) is 0.620. The van der Waals surface area contributed by atoms with Gasteiger partial charge in [0.2, 0.25) is 0 Å². The summed E-state index contributed by atoms with van der Waals surface area (Å²) >= 11 is 2.19. The molecule has 0 bridgehead atoms. The van der Waals surface area contributed by atoms with Crippen LogP contribution < -0.4 is 10.1 Å². The number of halogens is 1. The van der Waals surface area contributed by atoms with Crippen molar-refractivity contribution in [3.8, 4) is 5.75 Å². The SMILES string of the molecule is COc1cc(I)ccc1C(=O)OC(C)(C)C1CCNCC1. The number of hydrogen-bond acceptors (Lipinski definition) is 4. The van der Waals surface area contributed by atoms with Crippen molar-refractivity contribution in [3.05, 3.63) is 27.3 Å². The first kappa shape index (κ1) is 16.5. The normalized spacial score (nSPS) is 16.6. The summed E-state index contributed by atoms with van der Waals surface area (Å²) in [5, 5.41) is 3.33. The molecule has 0 amide bonds. The van der Waals surface area contributed by atoms with E-state index >= 15 is 0 Å². The van der Waals surface area contributed by atoms with Gasteiger partial charge in [-0.15, -0.1) is 0 Å². The summed E-state index contributed by atoms with van der Waals surface area (Å²) in [7, 11) is 1.57. The molecule has 0 radical (unpaired) electrons. The summed E-state index contributed by atoms with van der Waals surface area (Å²) in [5.74, 6) is 0.636. The van der Waals surface area contributed by atoms with Gasteiger partial charge in [-0.25, -0.2) is 4.79 Å². The third kappa shape index (κ3) is 4.10. The van der Waals surface area contributed by atoms with Gasteiger partial charge in [-0.05, 0) is 80.6 Å². The molecule has 5 heteroatoms. The first-order chi connectivity index (χ1) is 9.94. The maximum absolute atomic E-state index is 12.5. The number of carbonyl (C=O) groups is 1. The van der Waals surface area contributed by atoms with E-state index in [0.29, 0.717) is 17.2 Å². The standard InChI is InChI=1S/C16H22INO3/c1-16(2,11-6-8-18-9-7-11)21-15(19)13-5-4-12(17)10-14(13)20-3/h4-5,10-11,18H,6-9H2,1-3H3. The van der Waals surface area contributed by atoms with Gasteiger partial charge >= 0.3 is 5.97 Å². The van der Waals surface area contributed by atoms with Crippen molar-refractivity contribution in [3.63, 3.8) is 0 Å². The summed E-state index contributed by atoms with van der Waals surface area (Å²) in [4.78, 5) is 12.5. The Hall–Kier alpha value is -0.820. The van der Waals surface area contributed by atoms with Crippen molar-refractivity contribution >= 4 is 28.6 Å². The fourth-order valence-corrected chi connectivity index (χ4v) is 3.19. The molecule has 1 heterocycles. The van der Waals surface area contributed by atoms with E-state index in [4.69, 9.17) is 9.47 Å². The molecule has 1 aliphatic rings. The van der Waals surface area contributed by atoms with Crippen LogP contribution in [-0.4, -0.2) is 31.8 Å². The van der Waals surface area contributed by atoms with E-state index in [2.05, 4.69) is 27.9 Å². The van der Waals surface area contributed by atoms with Gasteiger partial charge in [-0.3, -0.25) is 0 Å². The van der Waals surface area contributed by atoms with Crippen LogP contribution >= 0.6 is 22.6 Å². The Bertz CT molecular complexity index is 510. The second kappa shape index (κ2) is 6.96. The smallest absolute Gasteiger partial charge is 0.342 e. The molecule has 1 aromatic rings. The minimum Gasteiger partial charge on any atom is -0.496 e. The lowest BCUT2D eigenvalue weighted by Gasteiger charge is -2.36. The molecule has 1 fully saturated rings. The predicted molar refractivity (Wildman–Crippen MR) is 90.8 cm³/mol. The lowest BCUT2D eigenvalue weighted by Crippen LogP contribution is -2.42. The topological polar surface area (TPSA) is 47.6 Å². The van der Waals surface area contributed by atoms with Gasteiger partial charge in [-0.1, -0.05) is 0 Å². The Morgan fingerprint density at radius 3 is 2.62 bits per heavy atom. The van der Waals surface area contributed by atoms with Crippen LogP contribution in [0.1, 0.15) is 37.0 Å². The Morgan fingerprint density at radius 2 is 2.00 bits per heavy atom. The third-order valence-corrected chi connectivity index (χ3v) is 4.73. The van der Waals surface area contributed by atoms with Gasteiger partial charge in [0.25, 0.3) is 0 Å². The van der Waals surface area contributed by atoms with E-state index in [9.17, 15) is 4.79 Å². The van der Waals surface area contributed by atoms with E-state index in [1.54, 1.807) is 13.2 Å². The summed E-state index contributed by atoms with van der Waals surface area (Å²) in [6, 6.07) is 5.49. The molecule has 0 aliphatic carbocycles. The van der Waals surface area contributed by atoms with Crippen LogP contribution in [-0.2, 0) is 4.74 Å². The van der Waals surface area contributed by atoms with E-state index in [1.165, 1.54) is 0 Å². The molecule has 116 valence electrons. The number of esters is 1. The fourth-order valence-electron chi connectivity index (χ4n) is 2.73. The summed E-state index contributed by atoms with van der Waals surface area (Å²) in [5.41, 5.74) is 0.0210. The number of piperidine rings is 1. The highest BCUT2D eigenvalue weighted by Gasteiger charge is 2.34. The lowest BCUT2D eigenvalue weighted by molar-refractivity contribution is -0.0370. The van der Waals surface area contributed by atoms with Crippen molar-refractivity contribution < 1.29 is 14.3 Å². The average Bonchev–Trinajstić information content (AvgIpc) is 2.47. The number of hydrogen-bond donors (Lipinski definition) is 1. The van der Waals surface area contributed by atoms with E-state index in [1.807, 2.05) is 26.0 Å². The highest BCUT2D eigenvalue weighted by Crippen LogP contribution is 2.31. The zero-order chi connectivity index (χ0) is 15.5. The molecule has 0 saturated carbocycles. The number of methoxy groups -OCH3 is 1. The maximum Gasteiger partial charge on any atom is 0.342 e. The molecular formula is C16H22INO3. The molecule has 21 heavy (non-hydrogen) atoms. The Kier molecular flexibility index (Phi) is 5.48. The molecule has 0 spiro atoms. The fraction of sp³-hybridized carbons (Fsp3) is 0.562. The first-order valence-electron chi connectivity index (χ1n) is 7.21. The van der Waals surface area contributed by atoms with Crippen LogP contribution in [0.4, 0.5) is 0 Å². The van der Waals surface area contributed by atoms with Crippen LogP contribution in [0.2, 0.25) is 0 Å². The molecule has 0 unspecified atom stereocenters. The largest absolute Gasteiger partial charge is 0.496 e. The van der Waals surface area contributed by atoms with Gasteiger partial charge < -0.3 is 14.8 Å². The highest BCUT2D eigenvalue weighted by molar-refractivity contribution is 14.1. The van der Waals surface area contributed by atoms with Gasteiger partial charge in [0.15, 0.2) is 0 Å². The number of carbonyl (C=O) groups excluding carboxylic acids is 1. The third-order valence-electron chi connectivity index (χ3n) is 4.06. The highest BCUT2D eigenvalue weighted by atomic mass is 127. The lowest BCUT2D eigenvalue weighted by atomic mass is 9.83. The zero-order valence-corrected chi connectivity index (χ0v) is 14.9. The predicted octanol–water partition coefficient (Wildman–Crippen LogP) is 3.23. The average molecular weight is 403 g/mol. The van der Waals surface area contributed by atoms with Crippen molar-refractivity contribution in [1.29, 1.82) is 0 Å². The van der Waals surface area contributed by atoms with Crippen LogP contribution in [0, 0.1) is 9.49 Å². The number of benzene rings is 1. The van der Waals surface area contributed by atoms with Crippen molar-refractivity contribution in [1.82, 2.24) is 5.32 Å². The van der Waals surface area contributed by atoms with E-state index in [-0.39, 0.29) is 5.97 Å². The van der Waals surface area contributed by atoms with Gasteiger partial charge in [0, 0.05) is 9.49 Å². The molecule has 4 nitrogen and oxygen atoms in total. The molecular weight excluding hydrogens is 381 g/mol. The van der Waals surface area contributed by atoms with Gasteiger partial charge in [-0.2, -0.15) is 0 Å². The zero-order valence-electron chi connectivity index (χ0n) is 12.7. The Labute approximate surface area is 139 Å². The number of ether oxygens (including phenoxy) is 2.